The highest BCUT2D eigenvalue weighted by Crippen LogP contribution is 2.39. The van der Waals surface area contributed by atoms with Gasteiger partial charge in [-0.05, 0) is 36.1 Å². The Morgan fingerprint density at radius 3 is 2.41 bits per heavy atom. The van der Waals surface area contributed by atoms with E-state index in [0.717, 1.165) is 21.8 Å². The molecule has 0 aliphatic carbocycles. The number of ether oxygens (including phenoxy) is 2. The number of anilines is 1. The summed E-state index contributed by atoms with van der Waals surface area (Å²) in [5.74, 6) is -0.236. The maximum absolute atomic E-state index is 12.3. The molecule has 0 radical (unpaired) electrons. The van der Waals surface area contributed by atoms with Crippen LogP contribution in [-0.2, 0) is 32.7 Å². The molecule has 1 aliphatic heterocycles. The van der Waals surface area contributed by atoms with Crippen molar-refractivity contribution in [3.8, 4) is 0 Å². The molecule has 1 saturated heterocycles. The second-order valence-corrected chi connectivity index (χ2v) is 10.5. The molecule has 4 rings (SSSR count). The number of carbonyl (C=O) groups is 2. The van der Waals surface area contributed by atoms with Crippen molar-refractivity contribution in [1.82, 2.24) is 14.8 Å². The minimum atomic E-state index is -0.813. The molecule has 39 heavy (non-hydrogen) atoms. The topological polar surface area (TPSA) is 136 Å². The van der Waals surface area contributed by atoms with Gasteiger partial charge >= 0.3 is 5.97 Å². The van der Waals surface area contributed by atoms with Gasteiger partial charge in [0, 0.05) is 43.3 Å². The fourth-order valence-electron chi connectivity index (χ4n) is 4.28. The largest absolute Gasteiger partial charge is 0.481 e. The first kappa shape index (κ1) is 28.8. The molecule has 208 valence electrons. The van der Waals surface area contributed by atoms with Crippen molar-refractivity contribution in [3.63, 3.8) is 0 Å². The summed E-state index contributed by atoms with van der Waals surface area (Å²) in [5, 5.41) is 29.9. The molecule has 0 spiro atoms. The maximum Gasteiger partial charge on any atom is 0.303 e. The first-order chi connectivity index (χ1) is 18.9. The van der Waals surface area contributed by atoms with Crippen LogP contribution in [0.1, 0.15) is 67.6 Å². The summed E-state index contributed by atoms with van der Waals surface area (Å²) >= 11 is 1.58. The minimum absolute atomic E-state index is 0.0118. The van der Waals surface area contributed by atoms with Gasteiger partial charge in [-0.1, -0.05) is 54.6 Å². The third-order valence-electron chi connectivity index (χ3n) is 6.44. The van der Waals surface area contributed by atoms with Crippen LogP contribution in [0.15, 0.2) is 60.0 Å². The molecule has 3 aromatic rings. The summed E-state index contributed by atoms with van der Waals surface area (Å²) in [4.78, 5) is 22.9. The number of aromatic nitrogens is 3. The van der Waals surface area contributed by atoms with Crippen LogP contribution in [0.25, 0.3) is 0 Å². The van der Waals surface area contributed by atoms with E-state index in [0.29, 0.717) is 43.5 Å². The number of unbranched alkanes of at least 4 members (excludes halogenated alkanes) is 2. The molecule has 3 N–H and O–H groups in total. The predicted octanol–water partition coefficient (Wildman–Crippen LogP) is 4.62. The molecule has 1 aromatic heterocycles. The number of nitrogens with one attached hydrogen (secondary N) is 1. The van der Waals surface area contributed by atoms with Gasteiger partial charge in [0.2, 0.25) is 5.91 Å². The van der Waals surface area contributed by atoms with Crippen LogP contribution in [0.4, 0.5) is 5.69 Å². The number of carboxylic acids is 1. The van der Waals surface area contributed by atoms with Crippen molar-refractivity contribution in [2.75, 3.05) is 11.1 Å². The molecular formula is C28H34N4O6S. The first-order valence-electron chi connectivity index (χ1n) is 13.0. The summed E-state index contributed by atoms with van der Waals surface area (Å²) in [6.45, 7) is -0.0118. The molecule has 1 aliphatic rings. The van der Waals surface area contributed by atoms with Gasteiger partial charge in [-0.15, -0.1) is 10.2 Å². The standard InChI is InChI=1S/C28H34N4O6S/c1-32-18-29-31-28(32)39-17-23-15-24(20-9-7-19(16-33)8-10-20)38-27(37-23)21-11-13-22(14-12-21)30-25(34)5-3-2-4-6-26(35)36/h7-14,18,23-24,27,33H,2-6,15-17H2,1H3,(H,30,34)(H,35,36)/t23-,24+,27+/m0/s1. The highest BCUT2D eigenvalue weighted by atomic mass is 32.2. The monoisotopic (exact) mass is 554 g/mol. The van der Waals surface area contributed by atoms with E-state index in [2.05, 4.69) is 15.5 Å². The third-order valence-corrected chi connectivity index (χ3v) is 7.61. The van der Waals surface area contributed by atoms with Gasteiger partial charge in [-0.25, -0.2) is 0 Å². The van der Waals surface area contributed by atoms with Crippen LogP contribution < -0.4 is 5.32 Å². The van der Waals surface area contributed by atoms with Crippen LogP contribution in [0.5, 0.6) is 0 Å². The number of hydrogen-bond acceptors (Lipinski definition) is 8. The first-order valence-corrected chi connectivity index (χ1v) is 14.0. The Labute approximate surface area is 231 Å². The second kappa shape index (κ2) is 14.2. The number of carbonyl (C=O) groups excluding carboxylic acids is 1. The van der Waals surface area contributed by atoms with Gasteiger partial charge in [0.25, 0.3) is 0 Å². The van der Waals surface area contributed by atoms with Crippen molar-refractivity contribution in [2.45, 2.75) is 68.8 Å². The highest BCUT2D eigenvalue weighted by Gasteiger charge is 2.32. The van der Waals surface area contributed by atoms with Crippen LogP contribution >= 0.6 is 11.8 Å². The fraction of sp³-hybridized carbons (Fsp3) is 0.429. The second-order valence-electron chi connectivity index (χ2n) is 9.51. The van der Waals surface area contributed by atoms with E-state index in [1.165, 1.54) is 0 Å². The molecule has 11 heteroatoms. The van der Waals surface area contributed by atoms with E-state index in [4.69, 9.17) is 14.6 Å². The van der Waals surface area contributed by atoms with Crippen molar-refractivity contribution < 1.29 is 29.3 Å². The average molecular weight is 555 g/mol. The third kappa shape index (κ3) is 8.62. The molecule has 1 amide bonds. The smallest absolute Gasteiger partial charge is 0.303 e. The van der Waals surface area contributed by atoms with E-state index < -0.39 is 12.3 Å². The van der Waals surface area contributed by atoms with Crippen LogP contribution in [-0.4, -0.2) is 48.7 Å². The zero-order valence-corrected chi connectivity index (χ0v) is 22.7. The van der Waals surface area contributed by atoms with E-state index in [9.17, 15) is 14.7 Å². The highest BCUT2D eigenvalue weighted by molar-refractivity contribution is 7.99. The number of benzene rings is 2. The number of carboxylic acid groups (broad SMARTS) is 1. The van der Waals surface area contributed by atoms with E-state index in [-0.39, 0.29) is 31.1 Å². The number of thioether (sulfide) groups is 1. The lowest BCUT2D eigenvalue weighted by Gasteiger charge is -2.36. The van der Waals surface area contributed by atoms with Gasteiger partial charge in [-0.2, -0.15) is 0 Å². The Morgan fingerprint density at radius 2 is 1.74 bits per heavy atom. The Morgan fingerprint density at radius 1 is 1.03 bits per heavy atom. The lowest BCUT2D eigenvalue weighted by molar-refractivity contribution is -0.245. The summed E-state index contributed by atoms with van der Waals surface area (Å²) in [6, 6.07) is 15.2. The molecule has 3 atom stereocenters. The SMILES string of the molecule is Cn1cnnc1SC[C@@H]1C[C@H](c2ccc(CO)cc2)O[C@H](c2ccc(NC(=O)CCCCCC(=O)O)cc2)O1. The molecule has 2 aromatic carbocycles. The van der Waals surface area contributed by atoms with Crippen molar-refractivity contribution in [1.29, 1.82) is 0 Å². The molecule has 0 bridgehead atoms. The van der Waals surface area contributed by atoms with E-state index >= 15 is 0 Å². The van der Waals surface area contributed by atoms with Gasteiger partial charge in [-0.3, -0.25) is 9.59 Å². The Bertz CT molecular complexity index is 1220. The summed E-state index contributed by atoms with van der Waals surface area (Å²) in [5.41, 5.74) is 3.37. The summed E-state index contributed by atoms with van der Waals surface area (Å²) in [6.07, 6.45) is 3.84. The van der Waals surface area contributed by atoms with Crippen LogP contribution in [0, 0.1) is 0 Å². The maximum atomic E-state index is 12.3. The Balaban J connectivity index is 1.38. The number of aliphatic hydroxyl groups excluding tert-OH is 1. The molecule has 0 unspecified atom stereocenters. The lowest BCUT2D eigenvalue weighted by atomic mass is 10.0. The van der Waals surface area contributed by atoms with E-state index in [1.54, 1.807) is 18.1 Å². The number of aliphatic hydroxyl groups is 1. The molecule has 10 nitrogen and oxygen atoms in total. The van der Waals surface area contributed by atoms with Crippen molar-refractivity contribution in [2.24, 2.45) is 7.05 Å². The van der Waals surface area contributed by atoms with Crippen LogP contribution in [0.3, 0.4) is 0 Å². The Kier molecular flexibility index (Phi) is 10.5. The number of nitrogens with zero attached hydrogens (tertiary/aromatic N) is 3. The van der Waals surface area contributed by atoms with Gasteiger partial charge in [0.1, 0.15) is 6.33 Å². The van der Waals surface area contributed by atoms with Crippen molar-refractivity contribution >= 4 is 29.3 Å². The molecular weight excluding hydrogens is 520 g/mol. The van der Waals surface area contributed by atoms with Gasteiger partial charge < -0.3 is 29.6 Å². The molecule has 1 fully saturated rings. The molecule has 2 heterocycles. The predicted molar refractivity (Wildman–Crippen MR) is 146 cm³/mol. The average Bonchev–Trinajstić information content (AvgIpc) is 3.36. The number of aliphatic carboxylic acids is 1. The number of rotatable bonds is 13. The zero-order valence-electron chi connectivity index (χ0n) is 21.9. The number of aryl methyl sites for hydroxylation is 1. The summed E-state index contributed by atoms with van der Waals surface area (Å²) in [7, 11) is 1.90. The van der Waals surface area contributed by atoms with Gasteiger partial charge in [0.15, 0.2) is 11.4 Å². The summed E-state index contributed by atoms with van der Waals surface area (Å²) < 4.78 is 14.6. The van der Waals surface area contributed by atoms with Gasteiger partial charge in [0.05, 0.1) is 18.8 Å². The minimum Gasteiger partial charge on any atom is -0.481 e. The lowest BCUT2D eigenvalue weighted by Crippen LogP contribution is -2.31. The normalized spacial score (nSPS) is 19.1. The van der Waals surface area contributed by atoms with Crippen molar-refractivity contribution in [3.05, 3.63) is 71.5 Å². The van der Waals surface area contributed by atoms with E-state index in [1.807, 2.05) is 60.1 Å². The van der Waals surface area contributed by atoms with Crippen LogP contribution in [0.2, 0.25) is 0 Å². The number of hydrogen-bond donors (Lipinski definition) is 3. The Hall–Kier alpha value is -3.25. The fourth-order valence-corrected chi connectivity index (χ4v) is 5.18. The number of amides is 1. The quantitative estimate of drug-likeness (QED) is 0.204. The zero-order chi connectivity index (χ0) is 27.6. The molecule has 0 saturated carbocycles.